The van der Waals surface area contributed by atoms with Gasteiger partial charge in [-0.3, -0.25) is 0 Å². The molecule has 6 heteroatoms. The van der Waals surface area contributed by atoms with Crippen LogP contribution in [0.1, 0.15) is 16.1 Å². The Morgan fingerprint density at radius 3 is 2.17 bits per heavy atom. The van der Waals surface area contributed by atoms with E-state index in [1.807, 2.05) is 0 Å². The lowest BCUT2D eigenvalue weighted by Gasteiger charge is -2.06. The summed E-state index contributed by atoms with van der Waals surface area (Å²) in [7, 11) is -3.60. The SMILES string of the molecule is O=C(OCc1ccco1)c1ccc(S(=O)(=O)c2ccccc2)cc1. The first kappa shape index (κ1) is 16.0. The van der Waals surface area contributed by atoms with Gasteiger partial charge in [-0.2, -0.15) is 0 Å². The topological polar surface area (TPSA) is 73.6 Å². The largest absolute Gasteiger partial charge is 0.466 e. The van der Waals surface area contributed by atoms with Crippen LogP contribution in [0.3, 0.4) is 0 Å². The number of carbonyl (C=O) groups excluding carboxylic acids is 1. The fraction of sp³-hybridized carbons (Fsp3) is 0.0556. The van der Waals surface area contributed by atoms with Crippen molar-refractivity contribution in [1.82, 2.24) is 0 Å². The fourth-order valence-corrected chi connectivity index (χ4v) is 3.40. The third-order valence-corrected chi connectivity index (χ3v) is 5.16. The van der Waals surface area contributed by atoms with Crippen molar-refractivity contribution in [2.75, 3.05) is 0 Å². The summed E-state index contributed by atoms with van der Waals surface area (Å²) < 4.78 is 35.1. The Labute approximate surface area is 139 Å². The van der Waals surface area contributed by atoms with Crippen LogP contribution in [0.5, 0.6) is 0 Å². The summed E-state index contributed by atoms with van der Waals surface area (Å²) in [6, 6.07) is 17.2. The molecule has 0 radical (unpaired) electrons. The van der Waals surface area contributed by atoms with Crippen LogP contribution in [0.2, 0.25) is 0 Å². The third-order valence-electron chi connectivity index (χ3n) is 3.38. The molecule has 3 rings (SSSR count). The van der Waals surface area contributed by atoms with Crippen molar-refractivity contribution in [1.29, 1.82) is 0 Å². The molecule has 2 aromatic carbocycles. The number of hydrogen-bond donors (Lipinski definition) is 0. The van der Waals surface area contributed by atoms with E-state index in [4.69, 9.17) is 9.15 Å². The lowest BCUT2D eigenvalue weighted by molar-refractivity contribution is 0.0445. The quantitative estimate of drug-likeness (QED) is 0.664. The molecule has 1 aromatic heterocycles. The van der Waals surface area contributed by atoms with Gasteiger partial charge in [0.2, 0.25) is 9.84 Å². The van der Waals surface area contributed by atoms with E-state index in [1.165, 1.54) is 42.7 Å². The van der Waals surface area contributed by atoms with Crippen molar-refractivity contribution in [3.05, 3.63) is 84.3 Å². The van der Waals surface area contributed by atoms with Gasteiger partial charge in [-0.05, 0) is 48.5 Å². The molecule has 0 atom stereocenters. The zero-order valence-electron chi connectivity index (χ0n) is 12.6. The molecule has 0 aliphatic carbocycles. The van der Waals surface area contributed by atoms with E-state index in [0.29, 0.717) is 5.76 Å². The summed E-state index contributed by atoms with van der Waals surface area (Å²) >= 11 is 0. The minimum atomic E-state index is -3.60. The maximum absolute atomic E-state index is 12.5. The molecule has 0 saturated heterocycles. The summed E-state index contributed by atoms with van der Waals surface area (Å²) in [6.07, 6.45) is 1.49. The Balaban J connectivity index is 1.74. The molecule has 1 heterocycles. The Morgan fingerprint density at radius 2 is 1.54 bits per heavy atom. The maximum Gasteiger partial charge on any atom is 0.338 e. The predicted molar refractivity (Wildman–Crippen MR) is 86.2 cm³/mol. The van der Waals surface area contributed by atoms with Gasteiger partial charge in [0.15, 0.2) is 0 Å². The summed E-state index contributed by atoms with van der Waals surface area (Å²) in [4.78, 5) is 12.3. The summed E-state index contributed by atoms with van der Waals surface area (Å²) in [6.45, 7) is 0.0237. The van der Waals surface area contributed by atoms with Crippen molar-refractivity contribution in [3.63, 3.8) is 0 Å². The van der Waals surface area contributed by atoms with Crippen LogP contribution in [0.25, 0.3) is 0 Å². The number of furan rings is 1. The number of hydrogen-bond acceptors (Lipinski definition) is 5. The van der Waals surface area contributed by atoms with Crippen molar-refractivity contribution >= 4 is 15.8 Å². The minimum Gasteiger partial charge on any atom is -0.466 e. The highest BCUT2D eigenvalue weighted by atomic mass is 32.2. The molecule has 0 aliphatic heterocycles. The smallest absolute Gasteiger partial charge is 0.338 e. The van der Waals surface area contributed by atoms with Crippen LogP contribution in [-0.2, 0) is 21.2 Å². The first-order valence-electron chi connectivity index (χ1n) is 7.17. The number of rotatable bonds is 5. The second-order valence-electron chi connectivity index (χ2n) is 5.00. The zero-order valence-corrected chi connectivity index (χ0v) is 13.4. The van der Waals surface area contributed by atoms with E-state index in [2.05, 4.69) is 0 Å². The van der Waals surface area contributed by atoms with E-state index in [1.54, 1.807) is 30.3 Å². The highest BCUT2D eigenvalue weighted by Crippen LogP contribution is 2.21. The van der Waals surface area contributed by atoms with Crippen LogP contribution < -0.4 is 0 Å². The molecule has 122 valence electrons. The van der Waals surface area contributed by atoms with Gasteiger partial charge >= 0.3 is 5.97 Å². The number of benzene rings is 2. The molecule has 0 unspecified atom stereocenters. The molecule has 0 saturated carbocycles. The Kier molecular flexibility index (Phi) is 4.48. The van der Waals surface area contributed by atoms with Crippen molar-refractivity contribution in [3.8, 4) is 0 Å². The molecule has 0 amide bonds. The van der Waals surface area contributed by atoms with Crippen LogP contribution in [-0.4, -0.2) is 14.4 Å². The monoisotopic (exact) mass is 342 g/mol. The maximum atomic E-state index is 12.5. The standard InChI is InChI=1S/C18H14O5S/c19-18(23-13-15-5-4-12-22-15)14-8-10-17(11-9-14)24(20,21)16-6-2-1-3-7-16/h1-12H,13H2. The normalized spacial score (nSPS) is 11.2. The van der Waals surface area contributed by atoms with Gasteiger partial charge in [-0.25, -0.2) is 13.2 Å². The molecule has 5 nitrogen and oxygen atoms in total. The average Bonchev–Trinajstić information content (AvgIpc) is 3.14. The van der Waals surface area contributed by atoms with Crippen LogP contribution in [0.15, 0.2) is 87.2 Å². The molecule has 0 fully saturated rings. The molecule has 24 heavy (non-hydrogen) atoms. The van der Waals surface area contributed by atoms with Crippen molar-refractivity contribution in [2.24, 2.45) is 0 Å². The second-order valence-corrected chi connectivity index (χ2v) is 6.95. The van der Waals surface area contributed by atoms with Gasteiger partial charge in [-0.15, -0.1) is 0 Å². The Hall–Kier alpha value is -2.86. The van der Waals surface area contributed by atoms with Crippen molar-refractivity contribution in [2.45, 2.75) is 16.4 Å². The summed E-state index contributed by atoms with van der Waals surface area (Å²) in [5, 5.41) is 0. The first-order chi connectivity index (χ1) is 11.6. The summed E-state index contributed by atoms with van der Waals surface area (Å²) in [5.41, 5.74) is 0.272. The zero-order chi connectivity index (χ0) is 17.0. The van der Waals surface area contributed by atoms with Crippen molar-refractivity contribution < 1.29 is 22.4 Å². The third kappa shape index (κ3) is 3.38. The molecular weight excluding hydrogens is 328 g/mol. The van der Waals surface area contributed by atoms with E-state index < -0.39 is 15.8 Å². The Bertz CT molecular complexity index is 911. The second kappa shape index (κ2) is 6.72. The lowest BCUT2D eigenvalue weighted by atomic mass is 10.2. The molecule has 0 N–H and O–H groups in total. The van der Waals surface area contributed by atoms with Gasteiger partial charge in [-0.1, -0.05) is 18.2 Å². The lowest BCUT2D eigenvalue weighted by Crippen LogP contribution is -2.06. The number of carbonyl (C=O) groups is 1. The predicted octanol–water partition coefficient (Wildman–Crippen LogP) is 3.47. The van der Waals surface area contributed by atoms with E-state index in [9.17, 15) is 13.2 Å². The highest BCUT2D eigenvalue weighted by molar-refractivity contribution is 7.91. The summed E-state index contributed by atoms with van der Waals surface area (Å²) in [5.74, 6) is -0.0123. The molecular formula is C18H14O5S. The van der Waals surface area contributed by atoms with E-state index in [0.717, 1.165) is 0 Å². The average molecular weight is 342 g/mol. The number of ether oxygens (including phenoxy) is 1. The van der Waals surface area contributed by atoms with E-state index in [-0.39, 0.29) is 22.0 Å². The minimum absolute atomic E-state index is 0.0237. The molecule has 0 spiro atoms. The van der Waals surface area contributed by atoms with Gasteiger partial charge < -0.3 is 9.15 Å². The van der Waals surface area contributed by atoms with Crippen LogP contribution in [0.4, 0.5) is 0 Å². The first-order valence-corrected chi connectivity index (χ1v) is 8.65. The van der Waals surface area contributed by atoms with Gasteiger partial charge in [0.25, 0.3) is 0 Å². The highest BCUT2D eigenvalue weighted by Gasteiger charge is 2.18. The van der Waals surface area contributed by atoms with Crippen LogP contribution in [0, 0.1) is 0 Å². The van der Waals surface area contributed by atoms with Crippen LogP contribution >= 0.6 is 0 Å². The number of sulfone groups is 1. The van der Waals surface area contributed by atoms with Gasteiger partial charge in [0, 0.05) is 0 Å². The molecule has 0 aliphatic rings. The Morgan fingerprint density at radius 1 is 0.875 bits per heavy atom. The van der Waals surface area contributed by atoms with E-state index >= 15 is 0 Å². The molecule has 0 bridgehead atoms. The fourth-order valence-electron chi connectivity index (χ4n) is 2.12. The van der Waals surface area contributed by atoms with Gasteiger partial charge in [0.1, 0.15) is 12.4 Å². The molecule has 3 aromatic rings. The number of esters is 1. The van der Waals surface area contributed by atoms with Gasteiger partial charge in [0.05, 0.1) is 21.6 Å².